The summed E-state index contributed by atoms with van der Waals surface area (Å²) in [4.78, 5) is 12.0. The third-order valence-corrected chi connectivity index (χ3v) is 4.69. The second kappa shape index (κ2) is 11.6. The van der Waals surface area contributed by atoms with E-state index in [4.69, 9.17) is 0 Å². The molecule has 3 aromatic rings. The molecule has 2 atom stereocenters. The summed E-state index contributed by atoms with van der Waals surface area (Å²) in [5.74, 6) is -2.92. The summed E-state index contributed by atoms with van der Waals surface area (Å²) < 4.78 is 26.3. The Morgan fingerprint density at radius 3 is 2.03 bits per heavy atom. The Kier molecular flexibility index (Phi) is 9.24. The molecule has 0 unspecified atom stereocenters. The van der Waals surface area contributed by atoms with Crippen molar-refractivity contribution in [2.75, 3.05) is 5.32 Å². The molecule has 154 valence electrons. The molecule has 0 aromatic heterocycles. The van der Waals surface area contributed by atoms with Crippen molar-refractivity contribution < 1.29 is 53.3 Å². The number of carbonyl (C=O) groups is 1. The van der Waals surface area contributed by atoms with Crippen molar-refractivity contribution in [2.24, 2.45) is 5.92 Å². The van der Waals surface area contributed by atoms with Gasteiger partial charge in [0, 0.05) is 17.6 Å². The minimum Gasteiger partial charge on any atom is -0.550 e. The maximum absolute atomic E-state index is 13.2. The SMILES string of the molecule is O=C([O-])[C@H](C/C=C/c1ccc(F)cc1)[C@H](Nc1ccc(F)cc1)c1ccc(O)cc1.[Na+]. The molecule has 0 bridgehead atoms. The topological polar surface area (TPSA) is 72.4 Å². The summed E-state index contributed by atoms with van der Waals surface area (Å²) in [6, 6.07) is 16.9. The average molecular weight is 431 g/mol. The molecular formula is C24H20F2NNaO3. The van der Waals surface area contributed by atoms with Crippen LogP contribution in [0.25, 0.3) is 6.08 Å². The molecule has 0 amide bonds. The van der Waals surface area contributed by atoms with E-state index in [2.05, 4.69) is 5.32 Å². The van der Waals surface area contributed by atoms with Crippen LogP contribution in [0.3, 0.4) is 0 Å². The minimum absolute atomic E-state index is 0. The Labute approximate surface area is 201 Å². The third kappa shape index (κ3) is 7.21. The number of halogens is 2. The molecule has 0 fully saturated rings. The number of allylic oxidation sites excluding steroid dienone is 1. The number of anilines is 1. The second-order valence-electron chi connectivity index (χ2n) is 6.84. The van der Waals surface area contributed by atoms with Crippen LogP contribution in [0.1, 0.15) is 23.6 Å². The van der Waals surface area contributed by atoms with E-state index in [1.165, 1.54) is 48.5 Å². The van der Waals surface area contributed by atoms with Gasteiger partial charge >= 0.3 is 29.6 Å². The number of aromatic hydroxyl groups is 1. The number of hydrogen-bond acceptors (Lipinski definition) is 4. The van der Waals surface area contributed by atoms with E-state index in [0.717, 1.165) is 5.56 Å². The molecule has 0 heterocycles. The molecule has 0 aliphatic heterocycles. The number of nitrogens with one attached hydrogen (secondary N) is 1. The molecule has 3 aromatic carbocycles. The van der Waals surface area contributed by atoms with Crippen LogP contribution < -0.4 is 40.0 Å². The van der Waals surface area contributed by atoms with Crippen LogP contribution in [0.2, 0.25) is 0 Å². The zero-order valence-corrected chi connectivity index (χ0v) is 19.0. The fourth-order valence-electron chi connectivity index (χ4n) is 3.12. The van der Waals surface area contributed by atoms with E-state index in [1.54, 1.807) is 36.4 Å². The van der Waals surface area contributed by atoms with E-state index in [0.29, 0.717) is 11.3 Å². The van der Waals surface area contributed by atoms with Crippen LogP contribution in [0, 0.1) is 17.6 Å². The van der Waals surface area contributed by atoms with Crippen LogP contribution in [0.4, 0.5) is 14.5 Å². The van der Waals surface area contributed by atoms with Crippen molar-refractivity contribution in [3.8, 4) is 5.75 Å². The van der Waals surface area contributed by atoms with E-state index < -0.39 is 23.7 Å². The van der Waals surface area contributed by atoms with Gasteiger partial charge in [-0.25, -0.2) is 8.78 Å². The third-order valence-electron chi connectivity index (χ3n) is 4.69. The van der Waals surface area contributed by atoms with Gasteiger partial charge in [-0.1, -0.05) is 36.4 Å². The van der Waals surface area contributed by atoms with Crippen LogP contribution >= 0.6 is 0 Å². The first-order valence-corrected chi connectivity index (χ1v) is 9.36. The van der Waals surface area contributed by atoms with Gasteiger partial charge in [0.2, 0.25) is 0 Å². The quantitative estimate of drug-likeness (QED) is 0.528. The fraction of sp³-hybridized carbons (Fsp3) is 0.125. The summed E-state index contributed by atoms with van der Waals surface area (Å²) >= 11 is 0. The number of carboxylic acids is 1. The molecule has 3 rings (SSSR count). The first-order chi connectivity index (χ1) is 14.4. The second-order valence-corrected chi connectivity index (χ2v) is 6.84. The summed E-state index contributed by atoms with van der Waals surface area (Å²) in [7, 11) is 0. The summed E-state index contributed by atoms with van der Waals surface area (Å²) in [6.45, 7) is 0. The van der Waals surface area contributed by atoms with Gasteiger partial charge in [-0.05, 0) is 66.1 Å². The number of carboxylic acid groups (broad SMARTS) is 1. The number of carbonyl (C=O) groups excluding carboxylic acids is 1. The van der Waals surface area contributed by atoms with Gasteiger partial charge in [-0.3, -0.25) is 0 Å². The van der Waals surface area contributed by atoms with Gasteiger partial charge in [-0.15, -0.1) is 0 Å². The molecule has 4 nitrogen and oxygen atoms in total. The largest absolute Gasteiger partial charge is 1.00 e. The molecule has 0 aliphatic rings. The van der Waals surface area contributed by atoms with Crippen LogP contribution in [-0.4, -0.2) is 11.1 Å². The van der Waals surface area contributed by atoms with E-state index in [-0.39, 0.29) is 47.5 Å². The Morgan fingerprint density at radius 2 is 1.48 bits per heavy atom. The Bertz CT molecular complexity index is 1010. The molecule has 2 N–H and O–H groups in total. The zero-order valence-electron chi connectivity index (χ0n) is 17.0. The van der Waals surface area contributed by atoms with Crippen LogP contribution in [0.15, 0.2) is 78.9 Å². The maximum atomic E-state index is 13.2. The van der Waals surface area contributed by atoms with Crippen molar-refractivity contribution in [3.05, 3.63) is 102 Å². The molecule has 0 saturated heterocycles. The van der Waals surface area contributed by atoms with Crippen LogP contribution in [-0.2, 0) is 4.79 Å². The number of aliphatic carboxylic acids is 1. The van der Waals surface area contributed by atoms with Crippen molar-refractivity contribution in [3.63, 3.8) is 0 Å². The number of benzene rings is 3. The predicted molar refractivity (Wildman–Crippen MR) is 109 cm³/mol. The standard InChI is InChI=1S/C24H21F2NO3.Na/c25-18-8-4-16(5-9-18)2-1-3-22(24(29)30)23(17-6-14-21(28)15-7-17)27-20-12-10-19(26)11-13-20;/h1-2,4-15,22-23,27-28H,3H2,(H,29,30);/q;+1/p-1/b2-1+;/t22-,23-;/m1./s1. The van der Waals surface area contributed by atoms with Gasteiger partial charge in [-0.2, -0.15) is 0 Å². The molecular weight excluding hydrogens is 411 g/mol. The summed E-state index contributed by atoms with van der Waals surface area (Å²) in [5.41, 5.74) is 1.91. The summed E-state index contributed by atoms with van der Waals surface area (Å²) in [6.07, 6.45) is 3.54. The molecule has 0 aliphatic carbocycles. The maximum Gasteiger partial charge on any atom is 1.00 e. The number of phenols is 1. The molecule has 0 radical (unpaired) electrons. The van der Waals surface area contributed by atoms with Crippen molar-refractivity contribution >= 4 is 17.7 Å². The average Bonchev–Trinajstić information content (AvgIpc) is 2.73. The Hall–Kier alpha value is -2.67. The van der Waals surface area contributed by atoms with Gasteiger partial charge in [0.25, 0.3) is 0 Å². The van der Waals surface area contributed by atoms with E-state index in [1.807, 2.05) is 0 Å². The van der Waals surface area contributed by atoms with Crippen molar-refractivity contribution in [2.45, 2.75) is 12.5 Å². The molecule has 0 saturated carbocycles. The Balaban J connectivity index is 0.00000341. The fourth-order valence-corrected chi connectivity index (χ4v) is 3.12. The number of hydrogen-bond donors (Lipinski definition) is 2. The number of phenolic OH excluding ortho intramolecular Hbond substituents is 1. The first kappa shape index (κ1) is 24.6. The summed E-state index contributed by atoms with van der Waals surface area (Å²) in [5, 5.41) is 24.7. The smallest absolute Gasteiger partial charge is 0.550 e. The van der Waals surface area contributed by atoms with Gasteiger partial charge in [0.05, 0.1) is 6.04 Å². The van der Waals surface area contributed by atoms with E-state index in [9.17, 15) is 23.8 Å². The van der Waals surface area contributed by atoms with Crippen molar-refractivity contribution in [1.82, 2.24) is 0 Å². The normalized spacial score (nSPS) is 12.7. The zero-order chi connectivity index (χ0) is 21.5. The number of rotatable bonds is 8. The van der Waals surface area contributed by atoms with Crippen molar-refractivity contribution in [1.29, 1.82) is 0 Å². The Morgan fingerprint density at radius 1 is 0.935 bits per heavy atom. The molecule has 7 heteroatoms. The predicted octanol–water partition coefficient (Wildman–Crippen LogP) is 1.30. The van der Waals surface area contributed by atoms with Crippen LogP contribution in [0.5, 0.6) is 5.75 Å². The minimum atomic E-state index is -1.26. The van der Waals surface area contributed by atoms with E-state index >= 15 is 0 Å². The molecule has 31 heavy (non-hydrogen) atoms. The van der Waals surface area contributed by atoms with Gasteiger partial charge in [0.1, 0.15) is 17.4 Å². The monoisotopic (exact) mass is 431 g/mol. The first-order valence-electron chi connectivity index (χ1n) is 9.36. The van der Waals surface area contributed by atoms with Gasteiger partial charge < -0.3 is 20.3 Å². The molecule has 0 spiro atoms. The van der Waals surface area contributed by atoms with Gasteiger partial charge in [0.15, 0.2) is 0 Å².